The van der Waals surface area contributed by atoms with Crippen molar-refractivity contribution in [1.82, 2.24) is 25.1 Å². The van der Waals surface area contributed by atoms with Gasteiger partial charge in [-0.2, -0.15) is 0 Å². The zero-order chi connectivity index (χ0) is 21.5. The van der Waals surface area contributed by atoms with Crippen molar-refractivity contribution in [1.29, 1.82) is 0 Å². The Morgan fingerprint density at radius 2 is 2.13 bits per heavy atom. The molecule has 156 valence electrons. The molecule has 0 radical (unpaired) electrons. The van der Waals surface area contributed by atoms with Gasteiger partial charge in [0.25, 0.3) is 5.91 Å². The van der Waals surface area contributed by atoms with E-state index in [4.69, 9.17) is 0 Å². The van der Waals surface area contributed by atoms with Gasteiger partial charge in [-0.1, -0.05) is 36.0 Å². The van der Waals surface area contributed by atoms with Crippen LogP contribution in [0, 0.1) is 6.92 Å². The van der Waals surface area contributed by atoms with Gasteiger partial charge >= 0.3 is 0 Å². The number of hydrogen-bond acceptors (Lipinski definition) is 7. The Bertz CT molecular complexity index is 1030. The van der Waals surface area contributed by atoms with E-state index in [2.05, 4.69) is 32.4 Å². The lowest BCUT2D eigenvalue weighted by molar-refractivity contribution is -0.113. The van der Waals surface area contributed by atoms with Gasteiger partial charge in [0.2, 0.25) is 5.91 Å². The van der Waals surface area contributed by atoms with Crippen molar-refractivity contribution in [3.05, 3.63) is 65.4 Å². The van der Waals surface area contributed by atoms with Crippen LogP contribution in [0.2, 0.25) is 0 Å². The zero-order valence-corrected chi connectivity index (χ0v) is 18.3. The maximum absolute atomic E-state index is 12.6. The molecule has 8 nitrogen and oxygen atoms in total. The summed E-state index contributed by atoms with van der Waals surface area (Å²) < 4.78 is 1.84. The number of rotatable bonds is 9. The number of carbonyl (C=O) groups is 2. The number of carbonyl (C=O) groups excluding carboxylic acids is 2. The number of amides is 2. The molecule has 0 saturated carbocycles. The molecule has 2 heterocycles. The van der Waals surface area contributed by atoms with Crippen LogP contribution in [0.3, 0.4) is 0 Å². The number of hydrogen-bond donors (Lipinski definition) is 2. The monoisotopic (exact) mass is 442 g/mol. The number of nitrogens with one attached hydrogen (secondary N) is 2. The molecule has 1 atom stereocenters. The first-order valence-corrected chi connectivity index (χ1v) is 11.1. The lowest BCUT2D eigenvalue weighted by atomic mass is 10.1. The van der Waals surface area contributed by atoms with Crippen LogP contribution in [0.15, 0.2) is 53.7 Å². The largest absolute Gasteiger partial charge is 0.342 e. The maximum atomic E-state index is 12.6. The highest BCUT2D eigenvalue weighted by Gasteiger charge is 2.21. The molecule has 0 saturated heterocycles. The predicted octanol–water partition coefficient (Wildman–Crippen LogP) is 3.45. The molecule has 3 aromatic rings. The average Bonchev–Trinajstić information content (AvgIpc) is 3.37. The van der Waals surface area contributed by atoms with Gasteiger partial charge in [-0.05, 0) is 25.5 Å². The first-order valence-electron chi connectivity index (χ1n) is 9.22. The van der Waals surface area contributed by atoms with Gasteiger partial charge in [0.15, 0.2) is 16.1 Å². The summed E-state index contributed by atoms with van der Waals surface area (Å²) in [6.45, 7) is 7.99. The van der Waals surface area contributed by atoms with Crippen molar-refractivity contribution in [2.24, 2.45) is 0 Å². The van der Waals surface area contributed by atoms with E-state index in [9.17, 15) is 9.59 Å². The molecule has 0 fully saturated rings. The summed E-state index contributed by atoms with van der Waals surface area (Å²) in [6, 6.07) is 7.03. The molecule has 0 aliphatic rings. The predicted molar refractivity (Wildman–Crippen MR) is 119 cm³/mol. The second-order valence-corrected chi connectivity index (χ2v) is 8.26. The van der Waals surface area contributed by atoms with Crippen LogP contribution in [0.1, 0.15) is 34.7 Å². The molecule has 30 heavy (non-hydrogen) atoms. The van der Waals surface area contributed by atoms with Gasteiger partial charge < -0.3 is 15.2 Å². The van der Waals surface area contributed by atoms with Crippen molar-refractivity contribution in [2.45, 2.75) is 31.6 Å². The smallest absolute Gasteiger partial charge is 0.252 e. The van der Waals surface area contributed by atoms with Crippen molar-refractivity contribution >= 4 is 40.0 Å². The molecule has 0 bridgehead atoms. The topological polar surface area (TPSA) is 102 Å². The van der Waals surface area contributed by atoms with E-state index in [1.165, 1.54) is 23.1 Å². The van der Waals surface area contributed by atoms with Gasteiger partial charge in [-0.25, -0.2) is 4.98 Å². The van der Waals surface area contributed by atoms with E-state index in [0.717, 1.165) is 5.56 Å². The summed E-state index contributed by atoms with van der Waals surface area (Å²) in [5, 5.41) is 17.1. The second kappa shape index (κ2) is 10.2. The fourth-order valence-electron chi connectivity index (χ4n) is 2.77. The highest BCUT2D eigenvalue weighted by atomic mass is 32.2. The summed E-state index contributed by atoms with van der Waals surface area (Å²) in [4.78, 5) is 28.8. The van der Waals surface area contributed by atoms with Crippen LogP contribution < -0.4 is 10.6 Å². The van der Waals surface area contributed by atoms with E-state index in [-0.39, 0.29) is 23.6 Å². The Morgan fingerprint density at radius 3 is 2.83 bits per heavy atom. The Kier molecular flexibility index (Phi) is 7.36. The first kappa shape index (κ1) is 21.7. The molecule has 0 spiro atoms. The Balaban J connectivity index is 1.68. The highest BCUT2D eigenvalue weighted by molar-refractivity contribution is 7.99. The maximum Gasteiger partial charge on any atom is 0.252 e. The normalized spacial score (nSPS) is 11.7. The molecule has 2 N–H and O–H groups in total. The molecule has 2 amide bonds. The summed E-state index contributed by atoms with van der Waals surface area (Å²) in [5.41, 5.74) is 1.52. The standard InChI is InChI=1S/C20H22N6O2S2/c1-4-10-26-17(14(3)22-18(28)15-8-6-5-7-13(15)2)24-25-20(26)30-12-16(27)23-19-21-9-11-29-19/h4-9,11,14H,1,10,12H2,2-3H3,(H,22,28)(H,21,23,27)/t14-/m0/s1. The molecule has 0 aliphatic heterocycles. The SMILES string of the molecule is C=CCn1c(SCC(=O)Nc2nccs2)nnc1[C@H](C)NC(=O)c1ccccc1C. The van der Waals surface area contributed by atoms with Crippen LogP contribution in [0.25, 0.3) is 0 Å². The Morgan fingerprint density at radius 1 is 1.33 bits per heavy atom. The lowest BCUT2D eigenvalue weighted by Crippen LogP contribution is -2.29. The van der Waals surface area contributed by atoms with Crippen LogP contribution in [0.4, 0.5) is 5.13 Å². The van der Waals surface area contributed by atoms with Gasteiger partial charge in [0, 0.05) is 23.7 Å². The van der Waals surface area contributed by atoms with E-state index in [1.807, 2.05) is 36.6 Å². The van der Waals surface area contributed by atoms with Gasteiger partial charge in [0.05, 0.1) is 11.8 Å². The fourth-order valence-corrected chi connectivity index (χ4v) is 4.06. The quantitative estimate of drug-likeness (QED) is 0.389. The number of aryl methyl sites for hydroxylation is 1. The third-order valence-electron chi connectivity index (χ3n) is 4.19. The molecule has 1 aromatic carbocycles. The highest BCUT2D eigenvalue weighted by Crippen LogP contribution is 2.22. The van der Waals surface area contributed by atoms with Crippen LogP contribution in [-0.2, 0) is 11.3 Å². The summed E-state index contributed by atoms with van der Waals surface area (Å²) in [6.07, 6.45) is 3.36. The summed E-state index contributed by atoms with van der Waals surface area (Å²) >= 11 is 2.62. The van der Waals surface area contributed by atoms with Crippen molar-refractivity contribution in [3.8, 4) is 0 Å². The first-order chi connectivity index (χ1) is 14.5. The van der Waals surface area contributed by atoms with E-state index >= 15 is 0 Å². The minimum Gasteiger partial charge on any atom is -0.342 e. The van der Waals surface area contributed by atoms with Crippen molar-refractivity contribution in [2.75, 3.05) is 11.1 Å². The number of thiazole rings is 1. The van der Waals surface area contributed by atoms with Gasteiger partial charge in [-0.3, -0.25) is 9.59 Å². The number of allylic oxidation sites excluding steroid dienone is 1. The second-order valence-electron chi connectivity index (χ2n) is 6.42. The molecule has 2 aromatic heterocycles. The number of aromatic nitrogens is 4. The molecule has 3 rings (SSSR count). The van der Waals surface area contributed by atoms with E-state index in [1.54, 1.807) is 23.7 Å². The summed E-state index contributed by atoms with van der Waals surface area (Å²) in [7, 11) is 0. The fraction of sp³-hybridized carbons (Fsp3) is 0.250. The van der Waals surface area contributed by atoms with Crippen LogP contribution >= 0.6 is 23.1 Å². The molecule has 0 unspecified atom stereocenters. The van der Waals surface area contributed by atoms with Crippen molar-refractivity contribution < 1.29 is 9.59 Å². The van der Waals surface area contributed by atoms with Crippen molar-refractivity contribution in [3.63, 3.8) is 0 Å². The number of benzene rings is 1. The lowest BCUT2D eigenvalue weighted by Gasteiger charge is -2.16. The van der Waals surface area contributed by atoms with Crippen LogP contribution in [-0.4, -0.2) is 37.3 Å². The Labute approximate surface area is 182 Å². The zero-order valence-electron chi connectivity index (χ0n) is 16.7. The number of nitrogens with zero attached hydrogens (tertiary/aromatic N) is 4. The molecular formula is C20H22N6O2S2. The van der Waals surface area contributed by atoms with Gasteiger partial charge in [-0.15, -0.1) is 28.1 Å². The Hall–Kier alpha value is -2.98. The summed E-state index contributed by atoms with van der Waals surface area (Å²) in [5.74, 6) is 0.412. The van der Waals surface area contributed by atoms with Gasteiger partial charge in [0.1, 0.15) is 0 Å². The van der Waals surface area contributed by atoms with Crippen LogP contribution in [0.5, 0.6) is 0 Å². The number of thioether (sulfide) groups is 1. The molecule has 10 heteroatoms. The third-order valence-corrected chi connectivity index (χ3v) is 5.85. The minimum absolute atomic E-state index is 0.165. The molecular weight excluding hydrogens is 420 g/mol. The van der Waals surface area contributed by atoms with E-state index < -0.39 is 0 Å². The molecule has 0 aliphatic carbocycles. The van der Waals surface area contributed by atoms with E-state index in [0.29, 0.717) is 28.2 Å². The average molecular weight is 443 g/mol. The minimum atomic E-state index is -0.372. The third kappa shape index (κ3) is 5.33. The number of anilines is 1.